The van der Waals surface area contributed by atoms with Gasteiger partial charge in [0.15, 0.2) is 0 Å². The Morgan fingerprint density at radius 1 is 1.11 bits per heavy atom. The van der Waals surface area contributed by atoms with Gasteiger partial charge in [0, 0.05) is 26.1 Å². The average molecular weight is 373 g/mol. The summed E-state index contributed by atoms with van der Waals surface area (Å²) in [6.45, 7) is 3.55. The van der Waals surface area contributed by atoms with E-state index in [0.717, 1.165) is 30.3 Å². The quantitative estimate of drug-likeness (QED) is 0.728. The number of hydrogen-bond acceptors (Lipinski definition) is 4. The summed E-state index contributed by atoms with van der Waals surface area (Å²) in [5.41, 5.74) is 1.64. The molecule has 0 spiro atoms. The largest absolute Gasteiger partial charge is 0.467 e. The van der Waals surface area contributed by atoms with E-state index in [9.17, 15) is 14.4 Å². The first-order chi connectivity index (χ1) is 13.1. The molecule has 1 aliphatic rings. The highest BCUT2D eigenvalue weighted by molar-refractivity contribution is 5.85. The van der Waals surface area contributed by atoms with Crippen molar-refractivity contribution < 1.29 is 14.3 Å². The van der Waals surface area contributed by atoms with Crippen molar-refractivity contribution in [3.63, 3.8) is 0 Å². The number of amides is 1. The van der Waals surface area contributed by atoms with Gasteiger partial charge in [-0.25, -0.2) is 9.59 Å². The highest BCUT2D eigenvalue weighted by Gasteiger charge is 2.32. The molecule has 7 nitrogen and oxygen atoms in total. The Hall–Kier alpha value is -2.57. The van der Waals surface area contributed by atoms with Crippen molar-refractivity contribution in [1.82, 2.24) is 14.0 Å². The summed E-state index contributed by atoms with van der Waals surface area (Å²) in [5, 5.41) is 0. The van der Waals surface area contributed by atoms with Crippen molar-refractivity contribution in [3.05, 3.63) is 34.7 Å². The number of esters is 1. The van der Waals surface area contributed by atoms with E-state index >= 15 is 0 Å². The number of likely N-dealkylation sites (tertiary alicyclic amines) is 1. The van der Waals surface area contributed by atoms with Gasteiger partial charge < -0.3 is 9.64 Å². The van der Waals surface area contributed by atoms with Crippen LogP contribution in [0.1, 0.15) is 39.0 Å². The fourth-order valence-corrected chi connectivity index (χ4v) is 3.89. The molecule has 0 radical (unpaired) electrons. The van der Waals surface area contributed by atoms with Gasteiger partial charge >= 0.3 is 11.7 Å². The molecule has 1 unspecified atom stereocenters. The molecule has 3 rings (SSSR count). The summed E-state index contributed by atoms with van der Waals surface area (Å²) >= 11 is 0. The SMILES string of the molecule is CCCn1c(=O)n(CCC(=O)N2CCCCC2C(=O)OC)c2ccccc21. The molecule has 1 aliphatic heterocycles. The lowest BCUT2D eigenvalue weighted by atomic mass is 10.0. The van der Waals surface area contributed by atoms with Gasteiger partial charge in [0.2, 0.25) is 5.91 Å². The van der Waals surface area contributed by atoms with Gasteiger partial charge in [0.05, 0.1) is 18.1 Å². The number of rotatable bonds is 6. The Bertz CT molecular complexity index is 883. The van der Waals surface area contributed by atoms with E-state index in [1.54, 1.807) is 14.0 Å². The molecule has 1 amide bonds. The standard InChI is InChI=1S/C20H27N3O4/c1-3-12-22-15-8-4-5-9-16(15)23(20(22)26)14-11-18(24)21-13-7-6-10-17(21)19(25)27-2/h4-5,8-9,17H,3,6-7,10-14H2,1-2H3. The maximum Gasteiger partial charge on any atom is 0.329 e. The fraction of sp³-hybridized carbons (Fsp3) is 0.550. The summed E-state index contributed by atoms with van der Waals surface area (Å²) in [4.78, 5) is 39.2. The fourth-order valence-electron chi connectivity index (χ4n) is 3.89. The second-order valence-electron chi connectivity index (χ2n) is 6.95. The number of aryl methyl sites for hydroxylation is 2. The van der Waals surface area contributed by atoms with Gasteiger partial charge in [-0.05, 0) is 37.8 Å². The van der Waals surface area contributed by atoms with Crippen LogP contribution in [-0.2, 0) is 27.4 Å². The first-order valence-electron chi connectivity index (χ1n) is 9.63. The first-order valence-corrected chi connectivity index (χ1v) is 9.63. The van der Waals surface area contributed by atoms with Crippen molar-refractivity contribution >= 4 is 22.9 Å². The monoisotopic (exact) mass is 373 g/mol. The highest BCUT2D eigenvalue weighted by Crippen LogP contribution is 2.20. The van der Waals surface area contributed by atoms with Crippen LogP contribution < -0.4 is 5.69 Å². The maximum atomic E-state index is 12.8. The minimum atomic E-state index is -0.505. The highest BCUT2D eigenvalue weighted by atomic mass is 16.5. The van der Waals surface area contributed by atoms with Crippen molar-refractivity contribution in [3.8, 4) is 0 Å². The van der Waals surface area contributed by atoms with Crippen molar-refractivity contribution in [1.29, 1.82) is 0 Å². The van der Waals surface area contributed by atoms with Crippen LogP contribution in [-0.4, -0.2) is 45.6 Å². The van der Waals surface area contributed by atoms with Crippen LogP contribution in [0.3, 0.4) is 0 Å². The summed E-state index contributed by atoms with van der Waals surface area (Å²) in [6.07, 6.45) is 3.48. The van der Waals surface area contributed by atoms with Crippen LogP contribution in [0.5, 0.6) is 0 Å². The van der Waals surface area contributed by atoms with Crippen LogP contribution in [0.2, 0.25) is 0 Å². The maximum absolute atomic E-state index is 12.8. The summed E-state index contributed by atoms with van der Waals surface area (Å²) in [6, 6.07) is 7.15. The van der Waals surface area contributed by atoms with Crippen LogP contribution in [0.25, 0.3) is 11.0 Å². The van der Waals surface area contributed by atoms with Crippen LogP contribution in [0.15, 0.2) is 29.1 Å². The summed E-state index contributed by atoms with van der Waals surface area (Å²) in [5.74, 6) is -0.468. The molecule has 0 bridgehead atoms. The van der Waals surface area contributed by atoms with Crippen molar-refractivity contribution in [2.24, 2.45) is 0 Å². The van der Waals surface area contributed by atoms with E-state index in [-0.39, 0.29) is 24.0 Å². The number of fused-ring (bicyclic) bond motifs is 1. The molecule has 1 saturated heterocycles. The number of methoxy groups -OCH3 is 1. The van der Waals surface area contributed by atoms with Crippen LogP contribution >= 0.6 is 0 Å². The number of carbonyl (C=O) groups is 2. The van der Waals surface area contributed by atoms with Gasteiger partial charge in [-0.2, -0.15) is 0 Å². The molecule has 1 aromatic carbocycles. The zero-order valence-corrected chi connectivity index (χ0v) is 16.0. The van der Waals surface area contributed by atoms with Crippen molar-refractivity contribution in [2.75, 3.05) is 13.7 Å². The third kappa shape index (κ3) is 3.77. The van der Waals surface area contributed by atoms with E-state index < -0.39 is 6.04 Å². The van der Waals surface area contributed by atoms with Gasteiger partial charge in [0.25, 0.3) is 0 Å². The molecular weight excluding hydrogens is 346 g/mol. The minimum absolute atomic E-state index is 0.0889. The molecular formula is C20H27N3O4. The number of imidazole rings is 1. The normalized spacial score (nSPS) is 17.3. The van der Waals surface area contributed by atoms with Crippen molar-refractivity contribution in [2.45, 2.75) is 58.2 Å². The number of aromatic nitrogens is 2. The molecule has 27 heavy (non-hydrogen) atoms. The number of piperidine rings is 1. The number of para-hydroxylation sites is 2. The Labute approximate surface area is 158 Å². The predicted octanol–water partition coefficient (Wildman–Crippen LogP) is 2.16. The average Bonchev–Trinajstić information content (AvgIpc) is 2.97. The van der Waals surface area contributed by atoms with Gasteiger partial charge in [-0.15, -0.1) is 0 Å². The van der Waals surface area contributed by atoms with Gasteiger partial charge in [-0.1, -0.05) is 19.1 Å². The van der Waals surface area contributed by atoms with E-state index in [2.05, 4.69) is 0 Å². The molecule has 7 heteroatoms. The second-order valence-corrected chi connectivity index (χ2v) is 6.95. The molecule has 0 saturated carbocycles. The topological polar surface area (TPSA) is 73.5 Å². The predicted molar refractivity (Wildman–Crippen MR) is 102 cm³/mol. The smallest absolute Gasteiger partial charge is 0.329 e. The Kier molecular flexibility index (Phi) is 5.98. The van der Waals surface area contributed by atoms with E-state index in [4.69, 9.17) is 4.74 Å². The zero-order valence-electron chi connectivity index (χ0n) is 16.0. The lowest BCUT2D eigenvalue weighted by Gasteiger charge is -2.33. The number of ether oxygens (including phenoxy) is 1. The third-order valence-corrected chi connectivity index (χ3v) is 5.22. The number of carbonyl (C=O) groups excluding carboxylic acids is 2. The van der Waals surface area contributed by atoms with Crippen LogP contribution in [0.4, 0.5) is 0 Å². The van der Waals surface area contributed by atoms with Gasteiger partial charge in [-0.3, -0.25) is 13.9 Å². The summed E-state index contributed by atoms with van der Waals surface area (Å²) in [7, 11) is 1.35. The van der Waals surface area contributed by atoms with Gasteiger partial charge in [0.1, 0.15) is 6.04 Å². The van der Waals surface area contributed by atoms with Crippen LogP contribution in [0, 0.1) is 0 Å². The first kappa shape index (κ1) is 19.2. The van der Waals surface area contributed by atoms with E-state index in [1.165, 1.54) is 7.11 Å². The molecule has 0 aliphatic carbocycles. The molecule has 146 valence electrons. The number of nitrogens with zero attached hydrogens (tertiary/aromatic N) is 3. The Morgan fingerprint density at radius 2 is 1.78 bits per heavy atom. The lowest BCUT2D eigenvalue weighted by Crippen LogP contribution is -2.48. The Balaban J connectivity index is 1.80. The second kappa shape index (κ2) is 8.41. The van der Waals surface area contributed by atoms with E-state index in [1.807, 2.05) is 31.2 Å². The molecule has 1 fully saturated rings. The molecule has 2 aromatic rings. The Morgan fingerprint density at radius 3 is 2.41 bits per heavy atom. The van der Waals surface area contributed by atoms with E-state index in [0.29, 0.717) is 26.1 Å². The number of hydrogen-bond donors (Lipinski definition) is 0. The number of benzene rings is 1. The lowest BCUT2D eigenvalue weighted by molar-refractivity contribution is -0.154. The molecule has 1 aromatic heterocycles. The molecule has 0 N–H and O–H groups in total. The molecule has 2 heterocycles. The summed E-state index contributed by atoms with van der Waals surface area (Å²) < 4.78 is 8.28. The minimum Gasteiger partial charge on any atom is -0.467 e. The zero-order chi connectivity index (χ0) is 19.4. The molecule has 1 atom stereocenters. The third-order valence-electron chi connectivity index (χ3n) is 5.22.